The summed E-state index contributed by atoms with van der Waals surface area (Å²) in [4.78, 5) is 7.02. The van der Waals surface area contributed by atoms with Gasteiger partial charge in [-0.05, 0) is 50.9 Å². The first kappa shape index (κ1) is 23.6. The molecule has 27 heavy (non-hydrogen) atoms. The molecular weight excluding hydrogens is 456 g/mol. The van der Waals surface area contributed by atoms with E-state index in [4.69, 9.17) is 5.26 Å². The van der Waals surface area contributed by atoms with Gasteiger partial charge in [0.1, 0.15) is 5.82 Å². The third kappa shape index (κ3) is 7.62. The molecule has 7 heteroatoms. The molecule has 2 rings (SSSR count). The number of hydrogen-bond acceptors (Lipinski definition) is 3. The third-order valence-corrected chi connectivity index (χ3v) is 4.84. The number of aliphatic imine (C=N–C) groups is 1. The quantitative estimate of drug-likeness (QED) is 0.350. The molecule has 1 fully saturated rings. The van der Waals surface area contributed by atoms with Crippen molar-refractivity contribution in [2.24, 2.45) is 4.99 Å². The monoisotopic (exact) mass is 487 g/mol. The van der Waals surface area contributed by atoms with E-state index in [1.54, 1.807) is 6.07 Å². The van der Waals surface area contributed by atoms with E-state index in [9.17, 15) is 4.39 Å². The largest absolute Gasteiger partial charge is 0.357 e. The molecule has 1 aliphatic heterocycles. The van der Waals surface area contributed by atoms with E-state index in [1.165, 1.54) is 44.4 Å². The lowest BCUT2D eigenvalue weighted by molar-refractivity contribution is 0.147. The van der Waals surface area contributed by atoms with Gasteiger partial charge in [-0.25, -0.2) is 9.38 Å². The Morgan fingerprint density at radius 2 is 2.15 bits per heavy atom. The van der Waals surface area contributed by atoms with Crippen LogP contribution in [-0.2, 0) is 6.54 Å². The first-order valence-corrected chi connectivity index (χ1v) is 9.62. The number of halogens is 2. The molecule has 0 radical (unpaired) electrons. The lowest BCUT2D eigenvalue weighted by atomic mass is 10.0. The Morgan fingerprint density at radius 3 is 2.85 bits per heavy atom. The van der Waals surface area contributed by atoms with Crippen LogP contribution in [0.1, 0.15) is 50.7 Å². The smallest absolute Gasteiger partial charge is 0.191 e. The van der Waals surface area contributed by atoms with E-state index in [1.807, 2.05) is 13.0 Å². The van der Waals surface area contributed by atoms with E-state index in [0.29, 0.717) is 23.1 Å². The highest BCUT2D eigenvalue weighted by molar-refractivity contribution is 14.0. The van der Waals surface area contributed by atoms with E-state index in [-0.39, 0.29) is 36.3 Å². The number of hydrogen-bond donors (Lipinski definition) is 2. The maximum Gasteiger partial charge on any atom is 0.191 e. The fourth-order valence-electron chi connectivity index (χ4n) is 3.41. The van der Waals surface area contributed by atoms with Crippen LogP contribution in [0.2, 0.25) is 0 Å². The van der Waals surface area contributed by atoms with Gasteiger partial charge in [-0.15, -0.1) is 24.0 Å². The fourth-order valence-corrected chi connectivity index (χ4v) is 3.41. The first-order valence-electron chi connectivity index (χ1n) is 9.62. The van der Waals surface area contributed by atoms with Crippen LogP contribution >= 0.6 is 24.0 Å². The van der Waals surface area contributed by atoms with Gasteiger partial charge in [-0.2, -0.15) is 5.26 Å². The Labute approximate surface area is 179 Å². The van der Waals surface area contributed by atoms with Gasteiger partial charge in [0.25, 0.3) is 0 Å². The Balaban J connectivity index is 0.00000364. The number of guanidine groups is 1. The van der Waals surface area contributed by atoms with Gasteiger partial charge in [0, 0.05) is 31.2 Å². The zero-order chi connectivity index (χ0) is 18.8. The van der Waals surface area contributed by atoms with Crippen LogP contribution in [0.4, 0.5) is 4.39 Å². The summed E-state index contributed by atoms with van der Waals surface area (Å²) in [6.07, 6.45) is 5.10. The lowest BCUT2D eigenvalue weighted by Gasteiger charge is -2.35. The van der Waals surface area contributed by atoms with E-state index in [2.05, 4.69) is 27.4 Å². The van der Waals surface area contributed by atoms with Gasteiger partial charge < -0.3 is 10.6 Å². The van der Waals surface area contributed by atoms with Crippen LogP contribution in [0.25, 0.3) is 0 Å². The Morgan fingerprint density at radius 1 is 1.33 bits per heavy atom. The van der Waals surface area contributed by atoms with Crippen LogP contribution < -0.4 is 10.6 Å². The highest BCUT2D eigenvalue weighted by Crippen LogP contribution is 2.18. The van der Waals surface area contributed by atoms with Crippen molar-refractivity contribution < 1.29 is 4.39 Å². The second kappa shape index (κ2) is 12.9. The molecule has 1 atom stereocenters. The molecule has 1 saturated heterocycles. The van der Waals surface area contributed by atoms with Crippen LogP contribution in [0.5, 0.6) is 0 Å². The summed E-state index contributed by atoms with van der Waals surface area (Å²) >= 11 is 0. The number of rotatable bonds is 7. The highest BCUT2D eigenvalue weighted by atomic mass is 127. The molecule has 1 heterocycles. The number of benzene rings is 1. The Kier molecular flexibility index (Phi) is 11.3. The van der Waals surface area contributed by atoms with Gasteiger partial charge in [-0.3, -0.25) is 4.90 Å². The molecule has 0 amide bonds. The second-order valence-electron chi connectivity index (χ2n) is 6.63. The molecule has 1 aliphatic rings. The minimum Gasteiger partial charge on any atom is -0.357 e. The molecule has 0 bridgehead atoms. The van der Waals surface area contributed by atoms with Gasteiger partial charge >= 0.3 is 0 Å². The second-order valence-corrected chi connectivity index (χ2v) is 6.63. The van der Waals surface area contributed by atoms with Crippen molar-refractivity contribution >= 4 is 29.9 Å². The van der Waals surface area contributed by atoms with Crippen molar-refractivity contribution in [2.75, 3.05) is 26.2 Å². The van der Waals surface area contributed by atoms with Crippen LogP contribution in [0, 0.1) is 17.1 Å². The fraction of sp³-hybridized carbons (Fsp3) is 0.600. The van der Waals surface area contributed by atoms with Crippen molar-refractivity contribution in [3.8, 4) is 6.07 Å². The van der Waals surface area contributed by atoms with E-state index >= 15 is 0 Å². The molecule has 2 N–H and O–H groups in total. The molecule has 0 spiro atoms. The number of nitrogens with zero attached hydrogens (tertiary/aromatic N) is 3. The average Bonchev–Trinajstić information content (AvgIpc) is 2.67. The number of nitrogens with one attached hydrogen (secondary N) is 2. The first-order chi connectivity index (χ1) is 12.7. The third-order valence-electron chi connectivity index (χ3n) is 4.84. The summed E-state index contributed by atoms with van der Waals surface area (Å²) in [7, 11) is 0. The molecule has 150 valence electrons. The predicted molar refractivity (Wildman–Crippen MR) is 119 cm³/mol. The summed E-state index contributed by atoms with van der Waals surface area (Å²) in [6, 6.07) is 7.09. The maximum absolute atomic E-state index is 13.9. The molecule has 1 aromatic carbocycles. The van der Waals surface area contributed by atoms with Gasteiger partial charge in [-0.1, -0.05) is 13.3 Å². The zero-order valence-electron chi connectivity index (χ0n) is 16.3. The number of nitriles is 1. The summed E-state index contributed by atoms with van der Waals surface area (Å²) in [5, 5.41) is 15.5. The molecule has 0 saturated carbocycles. The number of likely N-dealkylation sites (tertiary alicyclic amines) is 1. The minimum absolute atomic E-state index is 0. The van der Waals surface area contributed by atoms with Crippen molar-refractivity contribution in [1.82, 2.24) is 15.5 Å². The summed E-state index contributed by atoms with van der Waals surface area (Å²) in [5.74, 6) is 0.349. The maximum atomic E-state index is 13.9. The predicted octanol–water partition coefficient (Wildman–Crippen LogP) is 3.63. The molecule has 1 unspecified atom stereocenters. The van der Waals surface area contributed by atoms with Gasteiger partial charge in [0.05, 0.1) is 18.2 Å². The van der Waals surface area contributed by atoms with Crippen molar-refractivity contribution in [3.63, 3.8) is 0 Å². The van der Waals surface area contributed by atoms with Crippen molar-refractivity contribution in [2.45, 2.75) is 52.1 Å². The Hall–Kier alpha value is -1.40. The van der Waals surface area contributed by atoms with Gasteiger partial charge in [0.15, 0.2) is 5.96 Å². The van der Waals surface area contributed by atoms with Gasteiger partial charge in [0.2, 0.25) is 0 Å². The van der Waals surface area contributed by atoms with Crippen molar-refractivity contribution in [3.05, 3.63) is 35.1 Å². The zero-order valence-corrected chi connectivity index (χ0v) is 18.6. The topological polar surface area (TPSA) is 63.5 Å². The summed E-state index contributed by atoms with van der Waals surface area (Å²) < 4.78 is 13.9. The highest BCUT2D eigenvalue weighted by Gasteiger charge is 2.19. The van der Waals surface area contributed by atoms with Crippen LogP contribution in [-0.4, -0.2) is 43.1 Å². The standard InChI is InChI=1S/C20H30FN5.HI/c1-3-18-7-5-6-11-26(18)12-10-24-20(23-4-2)25-15-17-13-16(14-22)8-9-19(17)21;/h8-9,13,18H,3-7,10-12,15H2,1-2H3,(H2,23,24,25);1H. The Bertz CT molecular complexity index is 644. The van der Waals surface area contributed by atoms with Crippen LogP contribution in [0.3, 0.4) is 0 Å². The summed E-state index contributed by atoms with van der Waals surface area (Å²) in [6.45, 7) is 8.17. The molecule has 1 aromatic rings. The molecule has 0 aromatic heterocycles. The van der Waals surface area contributed by atoms with Crippen molar-refractivity contribution in [1.29, 1.82) is 5.26 Å². The average molecular weight is 487 g/mol. The molecule has 5 nitrogen and oxygen atoms in total. The lowest BCUT2D eigenvalue weighted by Crippen LogP contribution is -2.45. The van der Waals surface area contributed by atoms with E-state index in [0.717, 1.165) is 19.6 Å². The van der Waals surface area contributed by atoms with Crippen LogP contribution in [0.15, 0.2) is 23.2 Å². The SMILES string of the molecule is CCNC(=NCc1cc(C#N)ccc1F)NCCN1CCCCC1CC.I. The van der Waals surface area contributed by atoms with E-state index < -0.39 is 0 Å². The normalized spacial score (nSPS) is 17.7. The summed E-state index contributed by atoms with van der Waals surface area (Å²) in [5.41, 5.74) is 0.883. The molecule has 0 aliphatic carbocycles. The number of piperidine rings is 1. The minimum atomic E-state index is -0.331. The molecular formula is C20H31FIN5.